The molecule has 0 aromatic carbocycles. The summed E-state index contributed by atoms with van der Waals surface area (Å²) in [5.41, 5.74) is 0.885. The van der Waals surface area contributed by atoms with Crippen molar-refractivity contribution >= 4 is 28.1 Å². The molecule has 1 aliphatic carbocycles. The Balaban J connectivity index is 2.45. The summed E-state index contributed by atoms with van der Waals surface area (Å²) in [5.74, 6) is 0.927. The first-order valence-corrected chi connectivity index (χ1v) is 8.76. The Morgan fingerprint density at radius 3 is 2.60 bits per heavy atom. The van der Waals surface area contributed by atoms with E-state index in [-0.39, 0.29) is 5.60 Å². The molecule has 0 atom stereocenters. The Morgan fingerprint density at radius 1 is 1.30 bits per heavy atom. The maximum absolute atomic E-state index is 6.13. The number of nitrogens with one attached hydrogen (secondary N) is 1. The van der Waals surface area contributed by atoms with Crippen LogP contribution in [0.3, 0.4) is 0 Å². The summed E-state index contributed by atoms with van der Waals surface area (Å²) in [6, 6.07) is 0. The van der Waals surface area contributed by atoms with Gasteiger partial charge < -0.3 is 9.72 Å². The first kappa shape index (κ1) is 16.1. The highest BCUT2D eigenvalue weighted by atomic mass is 79.9. The highest BCUT2D eigenvalue weighted by Crippen LogP contribution is 2.39. The van der Waals surface area contributed by atoms with Crippen LogP contribution in [0.5, 0.6) is 0 Å². The first-order valence-electron chi connectivity index (χ1n) is 7.56. The summed E-state index contributed by atoms with van der Waals surface area (Å²) in [7, 11) is 0. The average molecular weight is 359 g/mol. The first-order chi connectivity index (χ1) is 9.63. The number of aromatic nitrogens is 2. The molecule has 0 amide bonds. The lowest BCUT2D eigenvalue weighted by molar-refractivity contribution is -0.0769. The number of H-pyrrole nitrogens is 1. The van der Waals surface area contributed by atoms with Crippen LogP contribution in [0.1, 0.15) is 63.9 Å². The molecule has 0 bridgehead atoms. The summed E-state index contributed by atoms with van der Waals surface area (Å²) in [5, 5.41) is 0. The summed E-state index contributed by atoms with van der Waals surface area (Å²) >= 11 is 8.97. The molecule has 1 aromatic rings. The Bertz CT molecular complexity index is 504. The van der Waals surface area contributed by atoms with Crippen LogP contribution in [-0.2, 0) is 16.8 Å². The zero-order valence-corrected chi connectivity index (χ0v) is 14.7. The van der Waals surface area contributed by atoms with E-state index < -0.39 is 0 Å². The SMILES string of the molecule is CCCc1[nH]c(C2(OCC)CCCCC2)nc(=S)c1Br. The van der Waals surface area contributed by atoms with E-state index in [4.69, 9.17) is 17.0 Å². The van der Waals surface area contributed by atoms with Gasteiger partial charge in [-0.2, -0.15) is 0 Å². The second-order valence-electron chi connectivity index (χ2n) is 5.42. The van der Waals surface area contributed by atoms with Gasteiger partial charge in [0.2, 0.25) is 0 Å². The minimum absolute atomic E-state index is 0.260. The fourth-order valence-electron chi connectivity index (χ4n) is 2.99. The highest BCUT2D eigenvalue weighted by molar-refractivity contribution is 9.10. The lowest BCUT2D eigenvalue weighted by atomic mass is 9.83. The van der Waals surface area contributed by atoms with Gasteiger partial charge in [-0.1, -0.05) is 44.8 Å². The van der Waals surface area contributed by atoms with Crippen molar-refractivity contribution in [3.63, 3.8) is 0 Å². The normalized spacial score (nSPS) is 18.1. The summed E-state index contributed by atoms with van der Waals surface area (Å²) < 4.78 is 7.71. The van der Waals surface area contributed by atoms with Gasteiger partial charge in [-0.25, -0.2) is 4.98 Å². The number of nitrogens with zero attached hydrogens (tertiary/aromatic N) is 1. The molecular formula is C15H23BrN2OS. The molecular weight excluding hydrogens is 336 g/mol. The van der Waals surface area contributed by atoms with Gasteiger partial charge in [0.1, 0.15) is 16.1 Å². The van der Waals surface area contributed by atoms with Crippen LogP contribution in [0.25, 0.3) is 0 Å². The van der Waals surface area contributed by atoms with Crippen molar-refractivity contribution in [3.05, 3.63) is 20.6 Å². The molecule has 0 spiro atoms. The number of ether oxygens (including phenoxy) is 1. The van der Waals surface area contributed by atoms with Gasteiger partial charge in [-0.15, -0.1) is 0 Å². The fourth-order valence-corrected chi connectivity index (χ4v) is 3.59. The second-order valence-corrected chi connectivity index (χ2v) is 6.60. The van der Waals surface area contributed by atoms with E-state index in [1.165, 1.54) is 19.3 Å². The number of rotatable bonds is 5. The number of aryl methyl sites for hydroxylation is 1. The van der Waals surface area contributed by atoms with E-state index in [0.29, 0.717) is 11.2 Å². The maximum atomic E-state index is 6.13. The largest absolute Gasteiger partial charge is 0.367 e. The van der Waals surface area contributed by atoms with Crippen molar-refractivity contribution in [2.24, 2.45) is 0 Å². The van der Waals surface area contributed by atoms with Gasteiger partial charge >= 0.3 is 0 Å². The molecule has 0 unspecified atom stereocenters. The zero-order chi connectivity index (χ0) is 14.6. The molecule has 1 aliphatic rings. The summed E-state index contributed by atoms with van der Waals surface area (Å²) in [6.07, 6.45) is 7.80. The van der Waals surface area contributed by atoms with E-state index in [1.807, 2.05) is 0 Å². The Hall–Kier alpha value is -0.260. The Labute approximate surface area is 134 Å². The molecule has 0 radical (unpaired) electrons. The quantitative estimate of drug-likeness (QED) is 0.748. The van der Waals surface area contributed by atoms with Crippen LogP contribution in [0.4, 0.5) is 0 Å². The number of aromatic amines is 1. The van der Waals surface area contributed by atoms with Crippen molar-refractivity contribution in [1.29, 1.82) is 0 Å². The van der Waals surface area contributed by atoms with Crippen LogP contribution in [0.15, 0.2) is 4.47 Å². The third kappa shape index (κ3) is 3.31. The molecule has 20 heavy (non-hydrogen) atoms. The third-order valence-corrected chi connectivity index (χ3v) is 5.36. The molecule has 5 heteroatoms. The predicted molar refractivity (Wildman–Crippen MR) is 87.5 cm³/mol. The topological polar surface area (TPSA) is 37.9 Å². The van der Waals surface area contributed by atoms with Gasteiger partial charge in [0.25, 0.3) is 0 Å². The van der Waals surface area contributed by atoms with Gasteiger partial charge in [-0.05, 0) is 42.1 Å². The Morgan fingerprint density at radius 2 is 2.00 bits per heavy atom. The zero-order valence-electron chi connectivity index (χ0n) is 12.3. The lowest BCUT2D eigenvalue weighted by Crippen LogP contribution is -2.35. The number of halogens is 1. The summed E-state index contributed by atoms with van der Waals surface area (Å²) in [6.45, 7) is 4.93. The molecule has 0 aliphatic heterocycles. The van der Waals surface area contributed by atoms with Crippen molar-refractivity contribution in [1.82, 2.24) is 9.97 Å². The number of hydrogen-bond donors (Lipinski definition) is 1. The molecule has 112 valence electrons. The van der Waals surface area contributed by atoms with E-state index in [2.05, 4.69) is 39.7 Å². The van der Waals surface area contributed by atoms with Gasteiger partial charge in [0, 0.05) is 12.3 Å². The van der Waals surface area contributed by atoms with Crippen LogP contribution < -0.4 is 0 Å². The molecule has 0 saturated heterocycles. The van der Waals surface area contributed by atoms with Gasteiger partial charge in [0.05, 0.1) is 4.47 Å². The van der Waals surface area contributed by atoms with Gasteiger partial charge in [0.15, 0.2) is 0 Å². The third-order valence-electron chi connectivity index (χ3n) is 3.95. The number of hydrogen-bond acceptors (Lipinski definition) is 3. The van der Waals surface area contributed by atoms with Crippen molar-refractivity contribution in [2.75, 3.05) is 6.61 Å². The predicted octanol–water partition coefficient (Wildman–Crippen LogP) is 5.05. The minimum Gasteiger partial charge on any atom is -0.367 e. The lowest BCUT2D eigenvalue weighted by Gasteiger charge is -2.36. The summed E-state index contributed by atoms with van der Waals surface area (Å²) in [4.78, 5) is 8.12. The standard InChI is InChI=1S/C15H23BrN2OS/c1-3-8-11-12(16)13(20)18-14(17-11)15(19-4-2)9-6-5-7-10-15/h3-10H2,1-2H3,(H,17,18,20). The molecule has 1 saturated carbocycles. The monoisotopic (exact) mass is 358 g/mol. The van der Waals surface area contributed by atoms with Crippen molar-refractivity contribution < 1.29 is 4.74 Å². The van der Waals surface area contributed by atoms with Crippen LogP contribution in [0, 0.1) is 4.64 Å². The van der Waals surface area contributed by atoms with Crippen LogP contribution in [0.2, 0.25) is 0 Å². The average Bonchev–Trinajstić information content (AvgIpc) is 2.45. The molecule has 1 fully saturated rings. The van der Waals surface area contributed by atoms with Crippen LogP contribution >= 0.6 is 28.1 Å². The van der Waals surface area contributed by atoms with Crippen LogP contribution in [-0.4, -0.2) is 16.6 Å². The van der Waals surface area contributed by atoms with Gasteiger partial charge in [-0.3, -0.25) is 0 Å². The van der Waals surface area contributed by atoms with E-state index >= 15 is 0 Å². The van der Waals surface area contributed by atoms with E-state index in [0.717, 1.165) is 41.7 Å². The minimum atomic E-state index is -0.260. The molecule has 2 rings (SSSR count). The smallest absolute Gasteiger partial charge is 0.144 e. The molecule has 1 aromatic heterocycles. The second kappa shape index (κ2) is 7.14. The highest BCUT2D eigenvalue weighted by Gasteiger charge is 2.37. The molecule has 1 N–H and O–H groups in total. The van der Waals surface area contributed by atoms with Crippen molar-refractivity contribution in [2.45, 2.75) is 64.4 Å². The molecule has 1 heterocycles. The Kier molecular flexibility index (Phi) is 5.75. The van der Waals surface area contributed by atoms with E-state index in [9.17, 15) is 0 Å². The molecule has 3 nitrogen and oxygen atoms in total. The maximum Gasteiger partial charge on any atom is 0.144 e. The fraction of sp³-hybridized carbons (Fsp3) is 0.733. The van der Waals surface area contributed by atoms with E-state index in [1.54, 1.807) is 0 Å². The van der Waals surface area contributed by atoms with Crippen molar-refractivity contribution in [3.8, 4) is 0 Å².